The van der Waals surface area contributed by atoms with Gasteiger partial charge in [0.05, 0.1) is 35.8 Å². The van der Waals surface area contributed by atoms with E-state index < -0.39 is 11.7 Å². The van der Waals surface area contributed by atoms with Crippen LogP contribution in [0.15, 0.2) is 59.1 Å². The Kier molecular flexibility index (Phi) is 7.01. The summed E-state index contributed by atoms with van der Waals surface area (Å²) in [7, 11) is 0. The number of rotatable bonds is 6. The first-order valence-electron chi connectivity index (χ1n) is 11.9. The van der Waals surface area contributed by atoms with Crippen molar-refractivity contribution in [3.8, 4) is 17.6 Å². The lowest BCUT2D eigenvalue weighted by Gasteiger charge is -2.44. The first-order valence-corrected chi connectivity index (χ1v) is 12.3. The van der Waals surface area contributed by atoms with E-state index in [1.54, 1.807) is 23.1 Å². The van der Waals surface area contributed by atoms with E-state index in [1.165, 1.54) is 12.1 Å². The van der Waals surface area contributed by atoms with Crippen LogP contribution in [-0.2, 0) is 4.79 Å². The summed E-state index contributed by atoms with van der Waals surface area (Å²) in [4.78, 5) is 15.4. The largest absolute Gasteiger partial charge is 0.494 e. The van der Waals surface area contributed by atoms with E-state index in [9.17, 15) is 14.4 Å². The summed E-state index contributed by atoms with van der Waals surface area (Å²) in [5.41, 5.74) is 8.81. The molecule has 0 amide bonds. The van der Waals surface area contributed by atoms with E-state index in [0.29, 0.717) is 60.1 Å². The SMILES string of the molecule is CCOc1ccc(OCC)c(C2C(C#N)=C(N)N(c3ccc(F)c(Cl)c3)C3=C2C(=O)CC(C)(C)C3)c1. The number of carbonyl (C=O) groups is 1. The standard InChI is InChI=1S/C28H29ClFN3O3/c1-5-35-17-8-10-24(36-6-2)18(12-17)25-19(15-31)27(32)33(16-7-9-21(30)20(29)11-16)22-13-28(3,4)14-23(34)26(22)25/h7-12,25H,5-6,13-14,32H2,1-4H3. The Morgan fingerprint density at radius 3 is 2.53 bits per heavy atom. The van der Waals surface area contributed by atoms with Crippen molar-refractivity contribution in [1.29, 1.82) is 5.26 Å². The number of anilines is 1. The molecule has 0 saturated carbocycles. The molecule has 0 radical (unpaired) electrons. The molecule has 1 atom stereocenters. The zero-order valence-electron chi connectivity index (χ0n) is 20.8. The maximum Gasteiger partial charge on any atom is 0.162 e. The first-order chi connectivity index (χ1) is 17.1. The summed E-state index contributed by atoms with van der Waals surface area (Å²) >= 11 is 6.10. The van der Waals surface area contributed by atoms with Gasteiger partial charge < -0.3 is 15.2 Å². The van der Waals surface area contributed by atoms with Crippen molar-refractivity contribution in [3.63, 3.8) is 0 Å². The Hall–Kier alpha value is -3.50. The first kappa shape index (κ1) is 25.6. The van der Waals surface area contributed by atoms with Crippen molar-refractivity contribution in [2.45, 2.75) is 46.5 Å². The molecule has 0 aromatic heterocycles. The number of nitrogens with zero attached hydrogens (tertiary/aromatic N) is 2. The zero-order chi connectivity index (χ0) is 26.2. The molecular formula is C28H29ClFN3O3. The summed E-state index contributed by atoms with van der Waals surface area (Å²) in [5, 5.41) is 10.2. The molecule has 6 nitrogen and oxygen atoms in total. The maximum absolute atomic E-state index is 14.0. The van der Waals surface area contributed by atoms with E-state index in [1.807, 2.05) is 33.8 Å². The van der Waals surface area contributed by atoms with Crippen molar-refractivity contribution in [2.75, 3.05) is 18.1 Å². The van der Waals surface area contributed by atoms with Crippen molar-refractivity contribution >= 4 is 23.1 Å². The minimum Gasteiger partial charge on any atom is -0.494 e. The molecule has 1 unspecified atom stereocenters. The van der Waals surface area contributed by atoms with Gasteiger partial charge in [-0.2, -0.15) is 5.26 Å². The highest BCUT2D eigenvalue weighted by Crippen LogP contribution is 2.52. The second kappa shape index (κ2) is 9.87. The van der Waals surface area contributed by atoms with Gasteiger partial charge in [0, 0.05) is 28.9 Å². The van der Waals surface area contributed by atoms with E-state index >= 15 is 0 Å². The number of nitriles is 1. The van der Waals surface area contributed by atoms with Crippen LogP contribution >= 0.6 is 11.6 Å². The Labute approximate surface area is 215 Å². The average Bonchev–Trinajstić information content (AvgIpc) is 2.81. The topological polar surface area (TPSA) is 88.6 Å². The number of Topliss-reactive ketones (excluding diaryl/α,β-unsaturated/α-hetero) is 1. The summed E-state index contributed by atoms with van der Waals surface area (Å²) in [6, 6.07) is 11.9. The lowest BCUT2D eigenvalue weighted by molar-refractivity contribution is -0.118. The smallest absolute Gasteiger partial charge is 0.162 e. The number of ketones is 1. The molecule has 0 saturated heterocycles. The minimum atomic E-state index is -0.734. The van der Waals surface area contributed by atoms with Gasteiger partial charge in [-0.05, 0) is 62.1 Å². The monoisotopic (exact) mass is 509 g/mol. The van der Waals surface area contributed by atoms with Gasteiger partial charge in [-0.15, -0.1) is 0 Å². The molecular weight excluding hydrogens is 481 g/mol. The van der Waals surface area contributed by atoms with Crippen molar-refractivity contribution in [2.24, 2.45) is 11.1 Å². The normalized spacial score (nSPS) is 19.2. The third-order valence-corrected chi connectivity index (χ3v) is 6.74. The molecule has 8 heteroatoms. The molecule has 0 fully saturated rings. The van der Waals surface area contributed by atoms with E-state index in [-0.39, 0.29) is 27.6 Å². The van der Waals surface area contributed by atoms with Crippen LogP contribution in [0.25, 0.3) is 0 Å². The molecule has 1 heterocycles. The van der Waals surface area contributed by atoms with Gasteiger partial charge >= 0.3 is 0 Å². The van der Waals surface area contributed by atoms with Crippen LogP contribution < -0.4 is 20.1 Å². The molecule has 4 rings (SSSR count). The lowest BCUT2D eigenvalue weighted by Crippen LogP contribution is -2.42. The van der Waals surface area contributed by atoms with Gasteiger partial charge in [-0.1, -0.05) is 25.4 Å². The quantitative estimate of drug-likeness (QED) is 0.497. The van der Waals surface area contributed by atoms with Gasteiger partial charge in [-0.25, -0.2) is 4.39 Å². The molecule has 2 aliphatic rings. The fraction of sp³-hybridized carbons (Fsp3) is 0.357. The number of ether oxygens (including phenoxy) is 2. The van der Waals surface area contributed by atoms with Crippen molar-refractivity contribution < 1.29 is 18.7 Å². The van der Waals surface area contributed by atoms with Crippen molar-refractivity contribution in [3.05, 3.63) is 75.5 Å². The van der Waals surface area contributed by atoms with Gasteiger partial charge in [0.25, 0.3) is 0 Å². The number of allylic oxidation sites excluding steroid dienone is 3. The average molecular weight is 510 g/mol. The van der Waals surface area contributed by atoms with Crippen LogP contribution in [0.3, 0.4) is 0 Å². The van der Waals surface area contributed by atoms with E-state index in [4.69, 9.17) is 26.8 Å². The number of hydrogen-bond acceptors (Lipinski definition) is 6. The van der Waals surface area contributed by atoms with Gasteiger partial charge in [0.15, 0.2) is 5.78 Å². The lowest BCUT2D eigenvalue weighted by atomic mass is 9.68. The highest BCUT2D eigenvalue weighted by Gasteiger charge is 2.45. The van der Waals surface area contributed by atoms with Crippen LogP contribution in [0, 0.1) is 22.6 Å². The summed E-state index contributed by atoms with van der Waals surface area (Å²) in [6.07, 6.45) is 0.835. The summed E-state index contributed by atoms with van der Waals surface area (Å²) < 4.78 is 25.6. The fourth-order valence-corrected chi connectivity index (χ4v) is 5.21. The van der Waals surface area contributed by atoms with Crippen LogP contribution in [0.5, 0.6) is 11.5 Å². The Balaban J connectivity index is 2.02. The van der Waals surface area contributed by atoms with Crippen LogP contribution in [0.2, 0.25) is 5.02 Å². The van der Waals surface area contributed by atoms with Crippen LogP contribution in [0.1, 0.15) is 52.0 Å². The number of carbonyl (C=O) groups excluding carboxylic acids is 1. The van der Waals surface area contributed by atoms with Crippen LogP contribution in [0.4, 0.5) is 10.1 Å². The molecule has 2 aromatic carbocycles. The maximum atomic E-state index is 14.0. The van der Waals surface area contributed by atoms with Gasteiger partial charge in [0.2, 0.25) is 0 Å². The van der Waals surface area contributed by atoms with E-state index in [2.05, 4.69) is 6.07 Å². The number of nitrogens with two attached hydrogens (primary N) is 1. The second-order valence-corrected chi connectivity index (χ2v) is 10.1. The molecule has 36 heavy (non-hydrogen) atoms. The third-order valence-electron chi connectivity index (χ3n) is 6.45. The molecule has 0 bridgehead atoms. The van der Waals surface area contributed by atoms with E-state index in [0.717, 1.165) is 0 Å². The highest BCUT2D eigenvalue weighted by atomic mass is 35.5. The van der Waals surface area contributed by atoms with Gasteiger partial charge in [0.1, 0.15) is 23.1 Å². The number of benzene rings is 2. The third kappa shape index (κ3) is 4.54. The van der Waals surface area contributed by atoms with Crippen LogP contribution in [-0.4, -0.2) is 19.0 Å². The minimum absolute atomic E-state index is 0.0750. The highest BCUT2D eigenvalue weighted by molar-refractivity contribution is 6.31. The molecule has 1 aliphatic carbocycles. The molecule has 188 valence electrons. The number of halogens is 2. The predicted octanol–water partition coefficient (Wildman–Crippen LogP) is 6.22. The summed E-state index contributed by atoms with van der Waals surface area (Å²) in [5.74, 6) is -0.0587. The Morgan fingerprint density at radius 1 is 1.17 bits per heavy atom. The predicted molar refractivity (Wildman–Crippen MR) is 137 cm³/mol. The van der Waals surface area contributed by atoms with Gasteiger partial charge in [-0.3, -0.25) is 9.69 Å². The van der Waals surface area contributed by atoms with Crippen molar-refractivity contribution in [1.82, 2.24) is 0 Å². The number of hydrogen-bond donors (Lipinski definition) is 1. The summed E-state index contributed by atoms with van der Waals surface area (Å²) in [6.45, 7) is 8.65. The Morgan fingerprint density at radius 2 is 1.89 bits per heavy atom. The second-order valence-electron chi connectivity index (χ2n) is 9.64. The molecule has 2 N–H and O–H groups in total. The Bertz CT molecular complexity index is 1330. The molecule has 1 aliphatic heterocycles. The molecule has 2 aromatic rings. The zero-order valence-corrected chi connectivity index (χ0v) is 21.6. The fourth-order valence-electron chi connectivity index (χ4n) is 5.03. The molecule has 0 spiro atoms.